The number of nitrogens with one attached hydrogen (secondary N) is 1. The summed E-state index contributed by atoms with van der Waals surface area (Å²) in [6.07, 6.45) is 2.27. The third-order valence-electron chi connectivity index (χ3n) is 4.62. The van der Waals surface area contributed by atoms with Crippen LogP contribution in [0.4, 0.5) is 4.39 Å². The van der Waals surface area contributed by atoms with Crippen LogP contribution in [0.5, 0.6) is 5.75 Å². The van der Waals surface area contributed by atoms with Crippen molar-refractivity contribution in [3.63, 3.8) is 0 Å². The number of aromatic nitrogens is 2. The molecule has 4 rings (SSSR count). The first-order valence-electron chi connectivity index (χ1n) is 8.74. The third kappa shape index (κ3) is 3.16. The van der Waals surface area contributed by atoms with Gasteiger partial charge in [0.2, 0.25) is 0 Å². The normalized spacial score (nSPS) is 13.9. The first-order valence-corrected chi connectivity index (χ1v) is 8.74. The summed E-state index contributed by atoms with van der Waals surface area (Å²) in [5, 5.41) is 8.21. The topological polar surface area (TPSA) is 73.2 Å². The number of rotatable bonds is 4. The Kier molecular flexibility index (Phi) is 4.35. The lowest BCUT2D eigenvalue weighted by Crippen LogP contribution is -2.39. The maximum absolute atomic E-state index is 14.2. The van der Waals surface area contributed by atoms with Gasteiger partial charge in [0.15, 0.2) is 0 Å². The molecule has 2 heterocycles. The van der Waals surface area contributed by atoms with Crippen LogP contribution in [-0.4, -0.2) is 28.3 Å². The molecular weight excluding hydrogens is 349 g/mol. The summed E-state index contributed by atoms with van der Waals surface area (Å²) in [6.45, 7) is 2.35. The zero-order chi connectivity index (χ0) is 19.0. The van der Waals surface area contributed by atoms with E-state index in [1.165, 1.54) is 10.7 Å². The highest BCUT2D eigenvalue weighted by atomic mass is 19.1. The first-order chi connectivity index (χ1) is 13.0. The molecule has 0 aliphatic carbocycles. The molecule has 138 valence electrons. The Hall–Kier alpha value is -3.22. The van der Waals surface area contributed by atoms with Crippen molar-refractivity contribution in [2.45, 2.75) is 25.9 Å². The first kappa shape index (κ1) is 17.2. The number of carbonyl (C=O) groups is 1. The summed E-state index contributed by atoms with van der Waals surface area (Å²) in [6, 6.07) is 9.67. The molecule has 3 aromatic rings. The van der Waals surface area contributed by atoms with E-state index in [4.69, 9.17) is 4.74 Å². The minimum atomic E-state index is -0.624. The second-order valence-corrected chi connectivity index (χ2v) is 6.60. The molecule has 1 aliphatic rings. The summed E-state index contributed by atoms with van der Waals surface area (Å²) in [5.74, 6) is -0.880. The number of carbonyl (C=O) groups excluding carboxylic acids is 1. The molecule has 1 atom stereocenters. The molecule has 1 unspecified atom stereocenters. The molecule has 0 spiro atoms. The molecule has 0 saturated carbocycles. The van der Waals surface area contributed by atoms with Crippen molar-refractivity contribution >= 4 is 16.7 Å². The van der Waals surface area contributed by atoms with Crippen LogP contribution in [0.2, 0.25) is 0 Å². The van der Waals surface area contributed by atoms with Gasteiger partial charge in [-0.1, -0.05) is 24.3 Å². The Morgan fingerprint density at radius 1 is 1.33 bits per heavy atom. The second kappa shape index (κ2) is 6.83. The molecule has 0 saturated heterocycles. The Morgan fingerprint density at radius 2 is 2.15 bits per heavy atom. The Bertz CT molecular complexity index is 1090. The van der Waals surface area contributed by atoms with Crippen molar-refractivity contribution in [2.75, 3.05) is 6.61 Å². The Labute approximate surface area is 154 Å². The van der Waals surface area contributed by atoms with Gasteiger partial charge in [-0.2, -0.15) is 5.10 Å². The summed E-state index contributed by atoms with van der Waals surface area (Å²) >= 11 is 0. The van der Waals surface area contributed by atoms with Gasteiger partial charge in [-0.25, -0.2) is 9.07 Å². The largest absolute Gasteiger partial charge is 0.492 e. The van der Waals surface area contributed by atoms with Crippen LogP contribution in [0, 0.1) is 5.82 Å². The van der Waals surface area contributed by atoms with Crippen molar-refractivity contribution in [1.29, 1.82) is 0 Å². The highest BCUT2D eigenvalue weighted by molar-refractivity contribution is 5.98. The van der Waals surface area contributed by atoms with E-state index in [-0.39, 0.29) is 17.7 Å². The number of fused-ring (bicyclic) bond motifs is 2. The van der Waals surface area contributed by atoms with E-state index >= 15 is 0 Å². The van der Waals surface area contributed by atoms with Gasteiger partial charge in [0.25, 0.3) is 11.5 Å². The minimum Gasteiger partial charge on any atom is -0.492 e. The molecule has 27 heavy (non-hydrogen) atoms. The monoisotopic (exact) mass is 367 g/mol. The Balaban J connectivity index is 1.55. The molecule has 1 N–H and O–H groups in total. The maximum atomic E-state index is 14.2. The molecule has 2 aromatic carbocycles. The van der Waals surface area contributed by atoms with E-state index in [0.29, 0.717) is 24.2 Å². The van der Waals surface area contributed by atoms with Gasteiger partial charge in [-0.3, -0.25) is 9.59 Å². The smallest absolute Gasteiger partial charge is 0.274 e. The predicted octanol–water partition coefficient (Wildman–Crippen LogP) is 2.29. The van der Waals surface area contributed by atoms with Crippen molar-refractivity contribution in [3.8, 4) is 5.75 Å². The van der Waals surface area contributed by atoms with E-state index in [2.05, 4.69) is 10.4 Å². The molecule has 7 heteroatoms. The molecular formula is C20H18FN3O3. The lowest BCUT2D eigenvalue weighted by atomic mass is 10.1. The summed E-state index contributed by atoms with van der Waals surface area (Å²) < 4.78 is 20.9. The van der Waals surface area contributed by atoms with E-state index in [9.17, 15) is 14.0 Å². The number of hydrogen-bond acceptors (Lipinski definition) is 4. The fourth-order valence-corrected chi connectivity index (χ4v) is 3.30. The van der Waals surface area contributed by atoms with Gasteiger partial charge in [0.05, 0.1) is 24.7 Å². The van der Waals surface area contributed by atoms with E-state index in [1.54, 1.807) is 31.3 Å². The fourth-order valence-electron chi connectivity index (χ4n) is 3.30. The van der Waals surface area contributed by atoms with Gasteiger partial charge < -0.3 is 10.1 Å². The molecule has 0 fully saturated rings. The number of hydrogen-bond donors (Lipinski definition) is 1. The van der Waals surface area contributed by atoms with Crippen molar-refractivity contribution in [2.24, 2.45) is 0 Å². The number of ether oxygens (including phenoxy) is 1. The van der Waals surface area contributed by atoms with Crippen LogP contribution in [0.15, 0.2) is 47.4 Å². The zero-order valence-corrected chi connectivity index (χ0v) is 14.7. The van der Waals surface area contributed by atoms with Crippen LogP contribution >= 0.6 is 0 Å². The standard InChI is InChI=1S/C20H18FN3O3/c1-12(11-24-20(26)15-5-3-2-4-14(15)10-22-24)23-19(25)17-16(21)7-6-13-8-9-27-18(13)17/h2-7,10,12H,8-9,11H2,1H3,(H,23,25). The summed E-state index contributed by atoms with van der Waals surface area (Å²) in [4.78, 5) is 25.1. The van der Waals surface area contributed by atoms with Crippen LogP contribution in [-0.2, 0) is 13.0 Å². The van der Waals surface area contributed by atoms with Crippen LogP contribution in [0.3, 0.4) is 0 Å². The van der Waals surface area contributed by atoms with Crippen molar-refractivity contribution in [1.82, 2.24) is 15.1 Å². The quantitative estimate of drug-likeness (QED) is 0.768. The highest BCUT2D eigenvalue weighted by Crippen LogP contribution is 2.31. The van der Waals surface area contributed by atoms with Gasteiger partial charge in [0, 0.05) is 17.8 Å². The van der Waals surface area contributed by atoms with Gasteiger partial charge in [0.1, 0.15) is 17.1 Å². The Morgan fingerprint density at radius 3 is 3.00 bits per heavy atom. The van der Waals surface area contributed by atoms with Crippen LogP contribution in [0.1, 0.15) is 22.8 Å². The van der Waals surface area contributed by atoms with Gasteiger partial charge in [-0.15, -0.1) is 0 Å². The van der Waals surface area contributed by atoms with Gasteiger partial charge in [-0.05, 0) is 24.6 Å². The lowest BCUT2D eigenvalue weighted by Gasteiger charge is -2.16. The molecule has 0 bridgehead atoms. The van der Waals surface area contributed by atoms with E-state index < -0.39 is 17.8 Å². The minimum absolute atomic E-state index is 0.0873. The number of amides is 1. The molecule has 6 nitrogen and oxygen atoms in total. The average Bonchev–Trinajstić information content (AvgIpc) is 3.12. The third-order valence-corrected chi connectivity index (χ3v) is 4.62. The van der Waals surface area contributed by atoms with Crippen molar-refractivity contribution < 1.29 is 13.9 Å². The van der Waals surface area contributed by atoms with Crippen molar-refractivity contribution in [3.05, 3.63) is 69.9 Å². The number of nitrogens with zero attached hydrogens (tertiary/aromatic N) is 2. The van der Waals surface area contributed by atoms with E-state index in [1.807, 2.05) is 12.1 Å². The zero-order valence-electron chi connectivity index (χ0n) is 14.7. The highest BCUT2D eigenvalue weighted by Gasteiger charge is 2.25. The number of halogens is 1. The predicted molar refractivity (Wildman–Crippen MR) is 98.5 cm³/mol. The summed E-state index contributed by atoms with van der Waals surface area (Å²) in [5.41, 5.74) is 0.501. The van der Waals surface area contributed by atoms with E-state index in [0.717, 1.165) is 10.9 Å². The molecule has 1 aliphatic heterocycles. The van der Waals surface area contributed by atoms with Crippen LogP contribution in [0.25, 0.3) is 10.8 Å². The number of benzene rings is 2. The second-order valence-electron chi connectivity index (χ2n) is 6.60. The fraction of sp³-hybridized carbons (Fsp3) is 0.250. The maximum Gasteiger partial charge on any atom is 0.274 e. The van der Waals surface area contributed by atoms with Crippen LogP contribution < -0.4 is 15.6 Å². The average molecular weight is 367 g/mol. The molecule has 1 aromatic heterocycles. The SMILES string of the molecule is CC(Cn1ncc2ccccc2c1=O)NC(=O)c1c(F)ccc2c1OCC2. The lowest BCUT2D eigenvalue weighted by molar-refractivity contribution is 0.0928. The van der Waals surface area contributed by atoms with Gasteiger partial charge >= 0.3 is 0 Å². The molecule has 1 amide bonds. The summed E-state index contributed by atoms with van der Waals surface area (Å²) in [7, 11) is 0. The molecule has 0 radical (unpaired) electrons.